The van der Waals surface area contributed by atoms with Crippen molar-refractivity contribution in [2.24, 2.45) is 17.8 Å². The fourth-order valence-electron chi connectivity index (χ4n) is 10.5. The van der Waals surface area contributed by atoms with Crippen LogP contribution in [0.3, 0.4) is 0 Å². The largest absolute Gasteiger partial charge is 0.513 e. The normalized spacial score (nSPS) is 25.5. The molecule has 2 N–H and O–H groups in total. The number of likely N-dealkylation sites (tertiary alicyclic amines) is 4. The molecule has 354 valence electrons. The second kappa shape index (κ2) is 26.5. The Morgan fingerprint density at radius 1 is 0.703 bits per heavy atom. The Morgan fingerprint density at radius 2 is 1.25 bits per heavy atom. The summed E-state index contributed by atoms with van der Waals surface area (Å²) in [5.74, 6) is 3.11. The molecule has 1 aliphatic carbocycles. The summed E-state index contributed by atoms with van der Waals surface area (Å²) in [7, 11) is 4.34. The van der Waals surface area contributed by atoms with Gasteiger partial charge in [0.05, 0.1) is 11.5 Å². The number of piperidine rings is 3. The van der Waals surface area contributed by atoms with Crippen LogP contribution in [0.5, 0.6) is 5.75 Å². The number of ether oxygens (including phenoxy) is 2. The summed E-state index contributed by atoms with van der Waals surface area (Å²) in [5.41, 5.74) is 2.84. The Kier molecular flexibility index (Phi) is 21.2. The molecule has 0 amide bonds. The van der Waals surface area contributed by atoms with Crippen LogP contribution < -0.4 is 10.1 Å². The maximum absolute atomic E-state index is 11.4. The molecule has 6 atom stereocenters. The van der Waals surface area contributed by atoms with Crippen LogP contribution in [0.15, 0.2) is 84.9 Å². The average molecular weight is 901 g/mol. The summed E-state index contributed by atoms with van der Waals surface area (Å²) >= 11 is 0. The molecule has 13 heteroatoms. The van der Waals surface area contributed by atoms with Gasteiger partial charge in [-0.2, -0.15) is 0 Å². The number of aliphatic hydroxyl groups excluding tert-OH is 1. The third-order valence-electron chi connectivity index (χ3n) is 13.9. The van der Waals surface area contributed by atoms with E-state index < -0.39 is 19.2 Å². The number of carbonyl (C=O) groups is 1. The first kappa shape index (κ1) is 51.3. The Hall–Kier alpha value is -3.69. The van der Waals surface area contributed by atoms with E-state index in [1.165, 1.54) is 139 Å². The molecule has 6 aliphatic rings. The number of rotatable bonds is 9. The lowest BCUT2D eigenvalue weighted by Gasteiger charge is -2.34. The predicted molar refractivity (Wildman–Crippen MR) is 261 cm³/mol. The smallest absolute Gasteiger partial charge is 0.434 e. The lowest BCUT2D eigenvalue weighted by molar-refractivity contribution is -0.384. The van der Waals surface area contributed by atoms with Crippen molar-refractivity contribution in [1.29, 1.82) is 0 Å². The van der Waals surface area contributed by atoms with E-state index in [1.54, 1.807) is 0 Å². The summed E-state index contributed by atoms with van der Waals surface area (Å²) in [6.45, 7) is 18.1. The van der Waals surface area contributed by atoms with Crippen molar-refractivity contribution in [3.8, 4) is 5.75 Å². The first-order chi connectivity index (χ1) is 30.9. The Morgan fingerprint density at radius 3 is 1.81 bits per heavy atom. The van der Waals surface area contributed by atoms with Crippen LogP contribution in [0.4, 0.5) is 10.5 Å². The van der Waals surface area contributed by atoms with E-state index >= 15 is 0 Å². The predicted octanol–water partition coefficient (Wildman–Crippen LogP) is 9.02. The number of fused-ring (bicyclic) bond motifs is 3. The van der Waals surface area contributed by atoms with Gasteiger partial charge in [-0.3, -0.25) is 19.9 Å². The van der Waals surface area contributed by atoms with Crippen LogP contribution in [-0.2, 0) is 17.8 Å². The molecule has 3 aromatic carbocycles. The van der Waals surface area contributed by atoms with Gasteiger partial charge in [-0.15, -0.1) is 0 Å². The molecule has 5 aliphatic heterocycles. The minimum Gasteiger partial charge on any atom is -0.434 e. The first-order valence-electron chi connectivity index (χ1n) is 24.1. The summed E-state index contributed by atoms with van der Waals surface area (Å²) < 4.78 is 9.83. The number of benzene rings is 3. The summed E-state index contributed by atoms with van der Waals surface area (Å²) in [6, 6.07) is 30.4. The monoisotopic (exact) mass is 901 g/mol. The standard InChI is InChI=1S/C15H22N2.C14H20N2.C12H17NO5Si.C9H17N.CH4O/c1-16-9-5-8-14-11-17(12-15(14)16)10-13-6-3-2-4-7-13;1-2-5-12(6-3-1)9-16-10-13-7-4-8-15-14(13)11-16;1-19(2,3)9-8-17-12(14)18-11-6-4-10(5-7-11)13(15)16;1-10-7-3-5-8-4-2-6-9(8)10;1-2/h2-4,6-7,14-15H,5,8-12H2,1H3;1-3,5-6,13-15H,4,7-11H2;4-7H,8-9H2,1-3H3;8-9H,2-7H2,1H3;2H,1H3/t14-,15+;13-,14+;;8-,9-;/m11.0./s1. The zero-order valence-corrected chi connectivity index (χ0v) is 40.9. The van der Waals surface area contributed by atoms with Gasteiger partial charge < -0.3 is 29.7 Å². The zero-order valence-electron chi connectivity index (χ0n) is 39.9. The van der Waals surface area contributed by atoms with Crippen molar-refractivity contribution < 1.29 is 24.3 Å². The lowest BCUT2D eigenvalue weighted by Crippen LogP contribution is -2.42. The van der Waals surface area contributed by atoms with Gasteiger partial charge in [-0.25, -0.2) is 4.79 Å². The zero-order chi connectivity index (χ0) is 45.9. The molecular weight excluding hydrogens is 821 g/mol. The van der Waals surface area contributed by atoms with E-state index in [9.17, 15) is 14.9 Å². The van der Waals surface area contributed by atoms with Crippen molar-refractivity contribution in [2.75, 3.05) is 73.6 Å². The number of nitrogens with one attached hydrogen (secondary N) is 1. The fraction of sp³-hybridized carbons (Fsp3) is 0.627. The third kappa shape index (κ3) is 16.9. The molecule has 0 aromatic heterocycles. The Balaban J connectivity index is 0.000000161. The number of carbonyl (C=O) groups excluding carboxylic acids is 1. The molecule has 5 saturated heterocycles. The highest BCUT2D eigenvalue weighted by Crippen LogP contribution is 2.36. The second-order valence-electron chi connectivity index (χ2n) is 19.9. The number of non-ortho nitro benzene ring substituents is 1. The van der Waals surface area contributed by atoms with Crippen LogP contribution in [0.2, 0.25) is 25.7 Å². The molecule has 3 aromatic rings. The van der Waals surface area contributed by atoms with Gasteiger partial charge in [0.25, 0.3) is 5.69 Å². The van der Waals surface area contributed by atoms with Gasteiger partial charge in [0, 0.05) is 84.7 Å². The SMILES string of the molecule is CN1CCC[C@@H]2CCC[C@@H]21.CN1CCC[C@@H]2CN(Cc3ccccc3)C[C@@H]21.CO.C[Si](C)(C)CCOC(=O)Oc1ccc([N+](=O)[O-])cc1.c1ccc(CN2C[C@H]3CCCN[C@H]3C2)cc1. The number of nitrogens with zero attached hydrogens (tertiary/aromatic N) is 5. The summed E-state index contributed by atoms with van der Waals surface area (Å²) in [5, 5.41) is 21.1. The quantitative estimate of drug-likeness (QED) is 0.0704. The van der Waals surface area contributed by atoms with E-state index in [0.29, 0.717) is 6.61 Å². The molecule has 0 bridgehead atoms. The number of hydrogen-bond donors (Lipinski definition) is 2. The summed E-state index contributed by atoms with van der Waals surface area (Å²) in [4.78, 5) is 31.7. The topological polar surface area (TPSA) is 124 Å². The average Bonchev–Trinajstić information content (AvgIpc) is 4.05. The number of nitro benzene ring substituents is 1. The molecule has 12 nitrogen and oxygen atoms in total. The van der Waals surface area contributed by atoms with Gasteiger partial charge in [-0.1, -0.05) is 86.7 Å². The Bertz CT molecular complexity index is 1770. The van der Waals surface area contributed by atoms with Gasteiger partial charge in [0.2, 0.25) is 0 Å². The van der Waals surface area contributed by atoms with Crippen molar-refractivity contribution in [2.45, 2.75) is 115 Å². The van der Waals surface area contributed by atoms with E-state index in [4.69, 9.17) is 14.6 Å². The number of nitro groups is 1. The molecule has 0 unspecified atom stereocenters. The van der Waals surface area contributed by atoms with E-state index in [2.05, 4.69) is 119 Å². The fourth-order valence-corrected chi connectivity index (χ4v) is 11.2. The van der Waals surface area contributed by atoms with Crippen molar-refractivity contribution in [3.05, 3.63) is 106 Å². The molecular formula is C51H80N6O6Si. The number of aliphatic hydroxyl groups is 1. The molecule has 9 rings (SSSR count). The van der Waals surface area contributed by atoms with E-state index in [0.717, 1.165) is 62.1 Å². The maximum Gasteiger partial charge on any atom is 0.513 e. The molecule has 0 spiro atoms. The lowest BCUT2D eigenvalue weighted by atomic mass is 9.93. The second-order valence-corrected chi connectivity index (χ2v) is 25.5. The molecule has 64 heavy (non-hydrogen) atoms. The third-order valence-corrected chi connectivity index (χ3v) is 15.6. The number of likely N-dealkylation sites (N-methyl/N-ethyl adjacent to an activating group) is 1. The van der Waals surface area contributed by atoms with E-state index in [1.807, 2.05) is 0 Å². The van der Waals surface area contributed by atoms with Gasteiger partial charge >= 0.3 is 6.16 Å². The van der Waals surface area contributed by atoms with Crippen LogP contribution in [-0.4, -0.2) is 136 Å². The van der Waals surface area contributed by atoms with Gasteiger partial charge in [-0.05, 0) is 132 Å². The van der Waals surface area contributed by atoms with Crippen LogP contribution >= 0.6 is 0 Å². The molecule has 5 heterocycles. The van der Waals surface area contributed by atoms with Crippen LogP contribution in [0, 0.1) is 27.9 Å². The van der Waals surface area contributed by atoms with Gasteiger partial charge in [0.1, 0.15) is 5.75 Å². The molecule has 1 saturated carbocycles. The minimum atomic E-state index is -1.24. The molecule has 6 fully saturated rings. The van der Waals surface area contributed by atoms with E-state index in [-0.39, 0.29) is 11.4 Å². The van der Waals surface area contributed by atoms with Crippen molar-refractivity contribution in [1.82, 2.24) is 24.9 Å². The number of hydrogen-bond acceptors (Lipinski definition) is 11. The summed E-state index contributed by atoms with van der Waals surface area (Å²) in [6.07, 6.45) is 12.2. The van der Waals surface area contributed by atoms with Crippen molar-refractivity contribution >= 4 is 19.9 Å². The Labute approximate surface area is 385 Å². The first-order valence-corrected chi connectivity index (χ1v) is 27.8. The van der Waals surface area contributed by atoms with Crippen LogP contribution in [0.25, 0.3) is 0 Å². The minimum absolute atomic E-state index is 0.0561. The van der Waals surface area contributed by atoms with Crippen LogP contribution in [0.1, 0.15) is 68.9 Å². The highest BCUT2D eigenvalue weighted by atomic mass is 28.3. The maximum atomic E-state index is 11.4. The molecule has 0 radical (unpaired) electrons. The highest BCUT2D eigenvalue weighted by Gasteiger charge is 2.37. The van der Waals surface area contributed by atoms with Gasteiger partial charge in [0.15, 0.2) is 0 Å². The highest BCUT2D eigenvalue weighted by molar-refractivity contribution is 6.76. The van der Waals surface area contributed by atoms with Crippen molar-refractivity contribution in [3.63, 3.8) is 0 Å².